The van der Waals surface area contributed by atoms with Crippen LogP contribution in [0.2, 0.25) is 0 Å². The van der Waals surface area contributed by atoms with E-state index in [4.69, 9.17) is 10.5 Å². The summed E-state index contributed by atoms with van der Waals surface area (Å²) in [6.45, 7) is 1.96. The number of nitrogens with two attached hydrogens (primary N) is 1. The summed E-state index contributed by atoms with van der Waals surface area (Å²) in [5.41, 5.74) is 6.20. The Morgan fingerprint density at radius 2 is 2.15 bits per heavy atom. The van der Waals surface area contributed by atoms with E-state index in [0.717, 1.165) is 12.8 Å². The maximum atomic E-state index is 12.6. The normalized spacial score (nSPS) is 25.7. The van der Waals surface area contributed by atoms with Gasteiger partial charge in [0, 0.05) is 6.54 Å². The predicted molar refractivity (Wildman–Crippen MR) is 90.0 cm³/mol. The number of carbonyl (C=O) groups is 1. The first-order valence-corrected chi connectivity index (χ1v) is 8.38. The molecule has 2 aromatic rings. The lowest BCUT2D eigenvalue weighted by Crippen LogP contribution is -2.34. The van der Waals surface area contributed by atoms with Crippen molar-refractivity contribution in [1.82, 2.24) is 24.8 Å². The molecule has 3 rings (SSSR count). The van der Waals surface area contributed by atoms with Crippen LogP contribution in [0.1, 0.15) is 36.6 Å². The highest BCUT2D eigenvalue weighted by Gasteiger charge is 2.45. The Hall–Kier alpha value is -2.34. The van der Waals surface area contributed by atoms with Gasteiger partial charge >= 0.3 is 0 Å². The molecule has 1 aliphatic heterocycles. The molecule has 1 amide bonds. The maximum Gasteiger partial charge on any atom is 0.287 e. The van der Waals surface area contributed by atoms with Crippen LogP contribution < -0.4 is 11.1 Å². The number of nitrogens with one attached hydrogen (secondary N) is 1. The molecular weight excluding hydrogens is 344 g/mol. The second-order valence-corrected chi connectivity index (χ2v) is 6.07. The first kappa shape index (κ1) is 18.5. The topological polar surface area (TPSA) is 169 Å². The number of hydrogen-bond acceptors (Lipinski definition) is 9. The molecule has 1 aliphatic rings. The third-order valence-corrected chi connectivity index (χ3v) is 4.30. The molecule has 6 N–H and O–H groups in total. The highest BCUT2D eigenvalue weighted by Crippen LogP contribution is 2.33. The highest BCUT2D eigenvalue weighted by molar-refractivity contribution is 5.96. The summed E-state index contributed by atoms with van der Waals surface area (Å²) in [6, 6.07) is 0. The monoisotopic (exact) mass is 366 g/mol. The van der Waals surface area contributed by atoms with Gasteiger partial charge in [0.15, 0.2) is 23.2 Å². The van der Waals surface area contributed by atoms with E-state index in [-0.39, 0.29) is 22.8 Å². The zero-order chi connectivity index (χ0) is 18.8. The van der Waals surface area contributed by atoms with E-state index < -0.39 is 37.1 Å². The summed E-state index contributed by atoms with van der Waals surface area (Å²) in [4.78, 5) is 24.7. The van der Waals surface area contributed by atoms with E-state index in [1.165, 1.54) is 10.9 Å². The minimum atomic E-state index is -1.39. The number of hydrogen-bond donors (Lipinski definition) is 5. The van der Waals surface area contributed by atoms with Crippen LogP contribution in [0.4, 0.5) is 5.82 Å². The number of aromatic nitrogens is 4. The van der Waals surface area contributed by atoms with Crippen molar-refractivity contribution >= 4 is 22.9 Å². The zero-order valence-electron chi connectivity index (χ0n) is 14.2. The van der Waals surface area contributed by atoms with E-state index in [2.05, 4.69) is 20.3 Å². The molecule has 0 spiro atoms. The zero-order valence-corrected chi connectivity index (χ0v) is 14.2. The van der Waals surface area contributed by atoms with Crippen LogP contribution in [0.5, 0.6) is 0 Å². The number of nitrogens with zero attached hydrogens (tertiary/aromatic N) is 4. The summed E-state index contributed by atoms with van der Waals surface area (Å²) in [7, 11) is 0. The molecule has 1 fully saturated rings. The lowest BCUT2D eigenvalue weighted by atomic mass is 10.1. The van der Waals surface area contributed by atoms with Crippen LogP contribution in [0.25, 0.3) is 11.2 Å². The fraction of sp³-hybridized carbons (Fsp3) is 0.600. The van der Waals surface area contributed by atoms with Gasteiger partial charge in [-0.25, -0.2) is 15.0 Å². The Labute approximate surface area is 148 Å². The molecule has 0 saturated carbocycles. The van der Waals surface area contributed by atoms with Crippen molar-refractivity contribution < 1.29 is 24.9 Å². The van der Waals surface area contributed by atoms with E-state index in [1.807, 2.05) is 6.92 Å². The van der Waals surface area contributed by atoms with Gasteiger partial charge in [0.05, 0.1) is 6.61 Å². The number of ether oxygens (including phenoxy) is 1. The fourth-order valence-electron chi connectivity index (χ4n) is 2.88. The van der Waals surface area contributed by atoms with Gasteiger partial charge in [0.25, 0.3) is 5.91 Å². The molecule has 26 heavy (non-hydrogen) atoms. The first-order chi connectivity index (χ1) is 12.5. The van der Waals surface area contributed by atoms with Gasteiger partial charge in [-0.05, 0) is 6.42 Å². The smallest absolute Gasteiger partial charge is 0.287 e. The minimum absolute atomic E-state index is 0.0712. The Balaban J connectivity index is 2.06. The predicted octanol–water partition coefficient (Wildman–Crippen LogP) is -1.45. The van der Waals surface area contributed by atoms with Gasteiger partial charge in [-0.2, -0.15) is 0 Å². The standard InChI is InChI=1S/C15H22N6O5/c1-2-3-4-17-14(25)13-20-8-11(16)18-6-19-12(8)21(13)15-10(24)9(23)7(5-22)26-15/h6-7,9-10,15,22-24H,2-5H2,1H3,(H,17,25)(H2,16,18,19). The van der Waals surface area contributed by atoms with Crippen LogP contribution in [0.3, 0.4) is 0 Å². The Kier molecular flexibility index (Phi) is 5.32. The van der Waals surface area contributed by atoms with Crippen molar-refractivity contribution in [3.8, 4) is 0 Å². The van der Waals surface area contributed by atoms with Gasteiger partial charge in [0.1, 0.15) is 24.6 Å². The summed E-state index contributed by atoms with van der Waals surface area (Å²) in [5.74, 6) is -0.491. The molecule has 2 aromatic heterocycles. The molecule has 11 nitrogen and oxygen atoms in total. The third kappa shape index (κ3) is 3.09. The SMILES string of the molecule is CCCCNC(=O)c1nc2c(N)ncnc2n1C1OC(CO)C(O)C1O. The summed E-state index contributed by atoms with van der Waals surface area (Å²) in [5, 5.41) is 32.4. The molecule has 0 bridgehead atoms. The van der Waals surface area contributed by atoms with Crippen molar-refractivity contribution in [3.63, 3.8) is 0 Å². The molecule has 0 aromatic carbocycles. The van der Waals surface area contributed by atoms with Gasteiger partial charge in [0.2, 0.25) is 5.82 Å². The second kappa shape index (κ2) is 7.50. The number of fused-ring (bicyclic) bond motifs is 1. The average molecular weight is 366 g/mol. The minimum Gasteiger partial charge on any atom is -0.394 e. The lowest BCUT2D eigenvalue weighted by molar-refractivity contribution is -0.0518. The van der Waals surface area contributed by atoms with Crippen molar-refractivity contribution in [3.05, 3.63) is 12.2 Å². The van der Waals surface area contributed by atoms with Crippen LogP contribution in [0.15, 0.2) is 6.33 Å². The van der Waals surface area contributed by atoms with E-state index in [1.54, 1.807) is 0 Å². The van der Waals surface area contributed by atoms with Crippen molar-refractivity contribution in [2.45, 2.75) is 44.3 Å². The lowest BCUT2D eigenvalue weighted by Gasteiger charge is -2.19. The van der Waals surface area contributed by atoms with Crippen molar-refractivity contribution in [2.24, 2.45) is 0 Å². The van der Waals surface area contributed by atoms with Gasteiger partial charge in [-0.1, -0.05) is 13.3 Å². The molecule has 0 radical (unpaired) electrons. The summed E-state index contributed by atoms with van der Waals surface area (Å²) < 4.78 is 6.81. The molecule has 142 valence electrons. The molecule has 0 aliphatic carbocycles. The average Bonchev–Trinajstić information content (AvgIpc) is 3.15. The summed E-state index contributed by atoms with van der Waals surface area (Å²) >= 11 is 0. The summed E-state index contributed by atoms with van der Waals surface area (Å²) in [6.07, 6.45) is -1.96. The van der Waals surface area contributed by atoms with Gasteiger partial charge in [-0.3, -0.25) is 9.36 Å². The number of aliphatic hydroxyl groups is 3. The quantitative estimate of drug-likeness (QED) is 0.384. The molecular formula is C15H22N6O5. The molecule has 1 saturated heterocycles. The Morgan fingerprint density at radius 3 is 2.81 bits per heavy atom. The number of carbonyl (C=O) groups excluding carboxylic acids is 1. The number of anilines is 1. The maximum absolute atomic E-state index is 12.6. The first-order valence-electron chi connectivity index (χ1n) is 8.38. The van der Waals surface area contributed by atoms with Crippen LogP contribution in [-0.2, 0) is 4.74 Å². The van der Waals surface area contributed by atoms with Crippen molar-refractivity contribution in [2.75, 3.05) is 18.9 Å². The van der Waals surface area contributed by atoms with Crippen LogP contribution in [-0.4, -0.2) is 72.2 Å². The van der Waals surface area contributed by atoms with Gasteiger partial charge in [-0.15, -0.1) is 0 Å². The number of amides is 1. The van der Waals surface area contributed by atoms with Crippen molar-refractivity contribution in [1.29, 1.82) is 0 Å². The van der Waals surface area contributed by atoms with Gasteiger partial charge < -0.3 is 31.1 Å². The second-order valence-electron chi connectivity index (χ2n) is 6.07. The fourth-order valence-corrected chi connectivity index (χ4v) is 2.88. The molecule has 3 heterocycles. The number of nitrogen functional groups attached to an aromatic ring is 1. The molecule has 4 unspecified atom stereocenters. The van der Waals surface area contributed by atoms with E-state index in [0.29, 0.717) is 6.54 Å². The largest absolute Gasteiger partial charge is 0.394 e. The van der Waals surface area contributed by atoms with Crippen LogP contribution in [0, 0.1) is 0 Å². The number of rotatable bonds is 6. The van der Waals surface area contributed by atoms with Crippen LogP contribution >= 0.6 is 0 Å². The molecule has 11 heteroatoms. The number of aliphatic hydroxyl groups excluding tert-OH is 3. The Morgan fingerprint density at radius 1 is 1.38 bits per heavy atom. The highest BCUT2D eigenvalue weighted by atomic mass is 16.6. The number of unbranched alkanes of at least 4 members (excludes halogenated alkanes) is 1. The Bertz CT molecular complexity index is 796. The molecule has 4 atom stereocenters. The van der Waals surface area contributed by atoms with E-state index in [9.17, 15) is 20.1 Å². The number of imidazole rings is 1. The van der Waals surface area contributed by atoms with E-state index >= 15 is 0 Å². The third-order valence-electron chi connectivity index (χ3n) is 4.30.